The molecule has 2 aromatic carbocycles. The second-order valence-electron chi connectivity index (χ2n) is 4.04. The van der Waals surface area contributed by atoms with Crippen LogP contribution in [0.3, 0.4) is 0 Å². The Morgan fingerprint density at radius 2 is 1.58 bits per heavy atom. The van der Waals surface area contributed by atoms with E-state index in [0.717, 1.165) is 10.0 Å². The van der Waals surface area contributed by atoms with Gasteiger partial charge in [0.1, 0.15) is 0 Å². The Kier molecular flexibility index (Phi) is 4.77. The van der Waals surface area contributed by atoms with Crippen LogP contribution < -0.4 is 4.35 Å². The molecule has 0 aliphatic carbocycles. The quantitative estimate of drug-likeness (QED) is 0.739. The molecule has 0 unspecified atom stereocenters. The van der Waals surface area contributed by atoms with Crippen molar-refractivity contribution in [3.05, 3.63) is 58.6 Å². The first-order valence-electron chi connectivity index (χ1n) is 5.55. The molecule has 0 radical (unpaired) electrons. The van der Waals surface area contributed by atoms with Gasteiger partial charge in [-0.05, 0) is 0 Å². The van der Waals surface area contributed by atoms with Crippen molar-refractivity contribution >= 4 is 50.7 Å². The molecule has 0 saturated heterocycles. The molecule has 0 spiro atoms. The van der Waals surface area contributed by atoms with Crippen molar-refractivity contribution in [2.75, 3.05) is 0 Å². The number of hydrogen-bond acceptors (Lipinski definition) is 2. The van der Waals surface area contributed by atoms with Crippen LogP contribution in [0.4, 0.5) is 0 Å². The van der Waals surface area contributed by atoms with Gasteiger partial charge in [-0.1, -0.05) is 0 Å². The summed E-state index contributed by atoms with van der Waals surface area (Å²) in [6.45, 7) is 0. The van der Waals surface area contributed by atoms with Gasteiger partial charge in [-0.2, -0.15) is 0 Å². The molecule has 0 saturated carbocycles. The van der Waals surface area contributed by atoms with Gasteiger partial charge in [0.2, 0.25) is 0 Å². The zero-order valence-electron chi connectivity index (χ0n) is 10.1. The molecule has 0 aromatic heterocycles. The molecule has 2 aromatic rings. The van der Waals surface area contributed by atoms with E-state index < -0.39 is 9.84 Å². The van der Waals surface area contributed by atoms with Crippen molar-refractivity contribution in [3.63, 3.8) is 0 Å². The first-order chi connectivity index (χ1) is 9.01. The van der Waals surface area contributed by atoms with E-state index in [-0.39, 0.29) is 21.1 Å². The van der Waals surface area contributed by atoms with E-state index in [1.165, 1.54) is 4.35 Å². The second kappa shape index (κ2) is 6.17. The van der Waals surface area contributed by atoms with Crippen molar-refractivity contribution in [3.8, 4) is 0 Å². The Labute approximate surface area is 128 Å². The van der Waals surface area contributed by atoms with Crippen LogP contribution in [0.5, 0.6) is 0 Å². The zero-order chi connectivity index (χ0) is 13.9. The topological polar surface area (TPSA) is 34.1 Å². The fraction of sp³-hybridized carbons (Fsp3) is 0.0714. The van der Waals surface area contributed by atoms with Gasteiger partial charge in [-0.3, -0.25) is 0 Å². The standard InChI is InChI=1S/C14H12AsBrO2S/c1-15-12-4-2-11(3-5-12)10-19(17,18)14-8-6-13(16)7-9-14/h2-9H,1,10H2. The Balaban J connectivity index is 2.25. The molecule has 5 heteroatoms. The normalized spacial score (nSPS) is 11.6. The summed E-state index contributed by atoms with van der Waals surface area (Å²) in [5, 5.41) is 3.89. The minimum absolute atomic E-state index is 0.0303. The molecule has 0 N–H and O–H groups in total. The van der Waals surface area contributed by atoms with Crippen LogP contribution in [-0.4, -0.2) is 29.0 Å². The molecular formula is C14H12AsBrO2S. The number of rotatable bonds is 4. The Morgan fingerprint density at radius 1 is 1.00 bits per heavy atom. The van der Waals surface area contributed by atoms with Crippen molar-refractivity contribution < 1.29 is 8.42 Å². The van der Waals surface area contributed by atoms with Gasteiger partial charge in [0.15, 0.2) is 0 Å². The molecule has 0 fully saturated rings. The number of halogens is 1. The summed E-state index contributed by atoms with van der Waals surface area (Å²) in [4.78, 5) is 0.350. The molecule has 2 rings (SSSR count). The predicted octanol–water partition coefficient (Wildman–Crippen LogP) is 2.18. The predicted molar refractivity (Wildman–Crippen MR) is 84.0 cm³/mol. The van der Waals surface area contributed by atoms with Gasteiger partial charge < -0.3 is 0 Å². The molecular weight excluding hydrogens is 387 g/mol. The van der Waals surface area contributed by atoms with E-state index in [4.69, 9.17) is 0 Å². The van der Waals surface area contributed by atoms with Crippen molar-refractivity contribution in [2.24, 2.45) is 0 Å². The summed E-state index contributed by atoms with van der Waals surface area (Å²) in [6, 6.07) is 14.4. The van der Waals surface area contributed by atoms with Gasteiger partial charge in [0, 0.05) is 0 Å². The van der Waals surface area contributed by atoms with Crippen LogP contribution >= 0.6 is 15.9 Å². The van der Waals surface area contributed by atoms with Crippen LogP contribution in [0.25, 0.3) is 0 Å². The number of hydrogen-bond donors (Lipinski definition) is 0. The maximum absolute atomic E-state index is 12.2. The molecule has 19 heavy (non-hydrogen) atoms. The van der Waals surface area contributed by atoms with Gasteiger partial charge in [0.05, 0.1) is 0 Å². The third-order valence-corrected chi connectivity index (χ3v) is 6.27. The minimum atomic E-state index is -3.28. The molecule has 0 bridgehead atoms. The summed E-state index contributed by atoms with van der Waals surface area (Å²) >= 11 is 3.24. The molecule has 0 amide bonds. The second-order valence-corrected chi connectivity index (χ2v) is 8.69. The van der Waals surface area contributed by atoms with E-state index in [1.54, 1.807) is 24.3 Å². The SMILES string of the molecule is C=[As]c1ccc(CS(=O)(=O)c2ccc(Br)cc2)cc1. The monoisotopic (exact) mass is 398 g/mol. The Bertz CT molecular complexity index is 676. The van der Waals surface area contributed by atoms with Crippen LogP contribution in [0.2, 0.25) is 0 Å². The molecule has 2 nitrogen and oxygen atoms in total. The summed E-state index contributed by atoms with van der Waals surface area (Å²) in [6.07, 6.45) is 0. The third-order valence-electron chi connectivity index (χ3n) is 2.65. The number of benzene rings is 2. The molecule has 98 valence electrons. The molecule has 0 aliphatic heterocycles. The molecule has 0 atom stereocenters. The van der Waals surface area contributed by atoms with Crippen LogP contribution in [0.15, 0.2) is 57.9 Å². The van der Waals surface area contributed by atoms with E-state index >= 15 is 0 Å². The van der Waals surface area contributed by atoms with E-state index in [0.29, 0.717) is 4.90 Å². The van der Waals surface area contributed by atoms with E-state index in [9.17, 15) is 8.42 Å². The van der Waals surface area contributed by atoms with Gasteiger partial charge in [0.25, 0.3) is 0 Å². The van der Waals surface area contributed by atoms with Crippen LogP contribution in [0.1, 0.15) is 5.56 Å². The Morgan fingerprint density at radius 3 is 2.11 bits per heavy atom. The summed E-state index contributed by atoms with van der Waals surface area (Å²) in [7, 11) is -3.28. The summed E-state index contributed by atoms with van der Waals surface area (Å²) in [5.74, 6) is 0.0303. The fourth-order valence-corrected chi connectivity index (χ4v) is 4.01. The van der Waals surface area contributed by atoms with Crippen molar-refractivity contribution in [1.29, 1.82) is 0 Å². The van der Waals surface area contributed by atoms with Gasteiger partial charge in [-0.25, -0.2) is 0 Å². The van der Waals surface area contributed by atoms with Crippen molar-refractivity contribution in [2.45, 2.75) is 10.6 Å². The Hall–Kier alpha value is -0.702. The third kappa shape index (κ3) is 3.88. The zero-order valence-corrected chi connectivity index (χ0v) is 14.4. The summed E-state index contributed by atoms with van der Waals surface area (Å²) in [5.41, 5.74) is 0.807. The van der Waals surface area contributed by atoms with Crippen LogP contribution in [-0.2, 0) is 15.6 Å². The summed E-state index contributed by atoms with van der Waals surface area (Å²) < 4.78 is 26.6. The van der Waals surface area contributed by atoms with Crippen LogP contribution in [0, 0.1) is 0 Å². The fourth-order valence-electron chi connectivity index (χ4n) is 1.64. The molecule has 0 heterocycles. The van der Waals surface area contributed by atoms with Gasteiger partial charge in [-0.15, -0.1) is 0 Å². The first kappa shape index (κ1) is 14.7. The first-order valence-corrected chi connectivity index (χ1v) is 10.3. The van der Waals surface area contributed by atoms with Gasteiger partial charge >= 0.3 is 128 Å². The van der Waals surface area contributed by atoms with Crippen molar-refractivity contribution in [1.82, 2.24) is 0 Å². The number of sulfone groups is 1. The van der Waals surface area contributed by atoms with E-state index in [2.05, 4.69) is 21.2 Å². The van der Waals surface area contributed by atoms with E-state index in [1.807, 2.05) is 24.3 Å². The maximum atomic E-state index is 12.2. The average molecular weight is 399 g/mol. The average Bonchev–Trinajstić information content (AvgIpc) is 2.40. The molecule has 0 aliphatic rings.